The van der Waals surface area contributed by atoms with Gasteiger partial charge in [-0.05, 0) is 30.4 Å². The molecule has 0 unspecified atom stereocenters. The van der Waals surface area contributed by atoms with Crippen molar-refractivity contribution in [2.24, 2.45) is 11.7 Å². The van der Waals surface area contributed by atoms with Crippen LogP contribution in [0, 0.1) is 5.92 Å². The standard InChI is InChI=1S/C21H28N2O2.ClH/c1-16(2)12-13-25-20-11-7-6-10-18(20)15-23-21(24)19(22)14-17-8-4-3-5-9-17;/h3-11,16,19H,12-15,22H2,1-2H3,(H,23,24);1H/t19-;/m0./s1. The van der Waals surface area contributed by atoms with Crippen LogP contribution in [0.2, 0.25) is 0 Å². The van der Waals surface area contributed by atoms with Crippen molar-refractivity contribution in [1.29, 1.82) is 0 Å². The Hall–Kier alpha value is -2.04. The van der Waals surface area contributed by atoms with Crippen LogP contribution in [0.1, 0.15) is 31.4 Å². The first-order chi connectivity index (χ1) is 12.1. The molecule has 2 rings (SSSR count). The summed E-state index contributed by atoms with van der Waals surface area (Å²) in [6.07, 6.45) is 1.53. The number of carbonyl (C=O) groups excluding carboxylic acids is 1. The highest BCUT2D eigenvalue weighted by Gasteiger charge is 2.14. The van der Waals surface area contributed by atoms with E-state index < -0.39 is 6.04 Å². The van der Waals surface area contributed by atoms with Crippen molar-refractivity contribution in [3.63, 3.8) is 0 Å². The molecule has 0 aliphatic carbocycles. The Labute approximate surface area is 162 Å². The molecule has 0 aliphatic heterocycles. The molecule has 0 saturated carbocycles. The number of hydrogen-bond acceptors (Lipinski definition) is 3. The monoisotopic (exact) mass is 376 g/mol. The molecule has 0 bridgehead atoms. The molecular weight excluding hydrogens is 348 g/mol. The minimum atomic E-state index is -0.559. The van der Waals surface area contributed by atoms with Gasteiger partial charge < -0.3 is 15.8 Å². The third-order valence-corrected chi connectivity index (χ3v) is 4.01. The Morgan fingerprint density at radius 2 is 1.73 bits per heavy atom. The van der Waals surface area contributed by atoms with Crippen LogP contribution in [0.3, 0.4) is 0 Å². The van der Waals surface area contributed by atoms with E-state index in [1.165, 1.54) is 0 Å². The van der Waals surface area contributed by atoms with E-state index in [-0.39, 0.29) is 18.3 Å². The number of ether oxygens (including phenoxy) is 1. The molecular formula is C21H29ClN2O2. The van der Waals surface area contributed by atoms with Gasteiger partial charge in [0.2, 0.25) is 5.91 Å². The molecule has 0 spiro atoms. The van der Waals surface area contributed by atoms with Crippen LogP contribution in [-0.4, -0.2) is 18.6 Å². The molecule has 1 amide bonds. The molecule has 0 heterocycles. The summed E-state index contributed by atoms with van der Waals surface area (Å²) in [5, 5.41) is 2.91. The summed E-state index contributed by atoms with van der Waals surface area (Å²) >= 11 is 0. The lowest BCUT2D eigenvalue weighted by molar-refractivity contribution is -0.122. The van der Waals surface area contributed by atoms with Crippen molar-refractivity contribution in [1.82, 2.24) is 5.32 Å². The maximum absolute atomic E-state index is 12.3. The highest BCUT2D eigenvalue weighted by atomic mass is 35.5. The summed E-state index contributed by atoms with van der Waals surface area (Å²) in [6, 6.07) is 17.0. The molecule has 0 fully saturated rings. The van der Waals surface area contributed by atoms with Crippen LogP contribution in [0.15, 0.2) is 54.6 Å². The summed E-state index contributed by atoms with van der Waals surface area (Å²) in [6.45, 7) is 5.43. The Bertz CT molecular complexity index is 662. The Balaban J connectivity index is 0.00000338. The smallest absolute Gasteiger partial charge is 0.237 e. The van der Waals surface area contributed by atoms with Crippen molar-refractivity contribution in [2.75, 3.05) is 6.61 Å². The maximum Gasteiger partial charge on any atom is 0.237 e. The molecule has 0 aliphatic rings. The molecule has 2 aromatic carbocycles. The minimum Gasteiger partial charge on any atom is -0.493 e. The first-order valence-corrected chi connectivity index (χ1v) is 8.84. The lowest BCUT2D eigenvalue weighted by Crippen LogP contribution is -2.41. The number of nitrogens with two attached hydrogens (primary N) is 1. The Kier molecular flexibility index (Phi) is 9.78. The lowest BCUT2D eigenvalue weighted by atomic mass is 10.1. The SMILES string of the molecule is CC(C)CCOc1ccccc1CNC(=O)[C@@H](N)Cc1ccccc1.Cl. The Morgan fingerprint density at radius 3 is 2.42 bits per heavy atom. The van der Waals surface area contributed by atoms with Gasteiger partial charge in [0.1, 0.15) is 5.75 Å². The van der Waals surface area contributed by atoms with Crippen molar-refractivity contribution in [3.8, 4) is 5.75 Å². The first kappa shape index (κ1) is 22.0. The van der Waals surface area contributed by atoms with E-state index in [0.29, 0.717) is 25.5 Å². The van der Waals surface area contributed by atoms with E-state index in [9.17, 15) is 4.79 Å². The molecule has 4 nitrogen and oxygen atoms in total. The summed E-state index contributed by atoms with van der Waals surface area (Å²) in [4.78, 5) is 12.3. The number of benzene rings is 2. The summed E-state index contributed by atoms with van der Waals surface area (Å²) < 4.78 is 5.85. The second-order valence-corrected chi connectivity index (χ2v) is 6.65. The minimum absolute atomic E-state index is 0. The van der Waals surface area contributed by atoms with Gasteiger partial charge in [0, 0.05) is 12.1 Å². The molecule has 0 saturated heterocycles. The lowest BCUT2D eigenvalue weighted by Gasteiger charge is -2.15. The van der Waals surface area contributed by atoms with E-state index in [0.717, 1.165) is 23.3 Å². The molecule has 3 N–H and O–H groups in total. The molecule has 26 heavy (non-hydrogen) atoms. The molecule has 142 valence electrons. The van der Waals surface area contributed by atoms with Crippen molar-refractivity contribution < 1.29 is 9.53 Å². The zero-order valence-electron chi connectivity index (χ0n) is 15.5. The predicted molar refractivity (Wildman–Crippen MR) is 109 cm³/mol. The van der Waals surface area contributed by atoms with E-state index in [4.69, 9.17) is 10.5 Å². The van der Waals surface area contributed by atoms with E-state index in [2.05, 4.69) is 19.2 Å². The van der Waals surface area contributed by atoms with Gasteiger partial charge in [-0.25, -0.2) is 0 Å². The predicted octanol–water partition coefficient (Wildman–Crippen LogP) is 3.72. The van der Waals surface area contributed by atoms with Crippen molar-refractivity contribution in [2.45, 2.75) is 39.3 Å². The fourth-order valence-electron chi connectivity index (χ4n) is 2.47. The quantitative estimate of drug-likeness (QED) is 0.701. The third kappa shape index (κ3) is 7.46. The van der Waals surface area contributed by atoms with Gasteiger partial charge in [-0.15, -0.1) is 12.4 Å². The number of halogens is 1. The van der Waals surface area contributed by atoms with Gasteiger partial charge in [-0.3, -0.25) is 4.79 Å². The van der Waals surface area contributed by atoms with Crippen LogP contribution >= 0.6 is 12.4 Å². The maximum atomic E-state index is 12.3. The third-order valence-electron chi connectivity index (χ3n) is 4.01. The van der Waals surface area contributed by atoms with Crippen LogP contribution in [0.25, 0.3) is 0 Å². The number of nitrogens with one attached hydrogen (secondary N) is 1. The van der Waals surface area contributed by atoms with Gasteiger partial charge >= 0.3 is 0 Å². The van der Waals surface area contributed by atoms with Gasteiger partial charge in [0.15, 0.2) is 0 Å². The van der Waals surface area contributed by atoms with Gasteiger partial charge in [-0.1, -0.05) is 62.4 Å². The highest BCUT2D eigenvalue weighted by molar-refractivity contribution is 5.85. The van der Waals surface area contributed by atoms with Gasteiger partial charge in [-0.2, -0.15) is 0 Å². The van der Waals surface area contributed by atoms with E-state index in [1.807, 2.05) is 54.6 Å². The zero-order valence-corrected chi connectivity index (χ0v) is 16.3. The number of para-hydroxylation sites is 1. The fraction of sp³-hybridized carbons (Fsp3) is 0.381. The molecule has 5 heteroatoms. The fourth-order valence-corrected chi connectivity index (χ4v) is 2.47. The van der Waals surface area contributed by atoms with Crippen molar-refractivity contribution in [3.05, 3.63) is 65.7 Å². The summed E-state index contributed by atoms with van der Waals surface area (Å²) in [7, 11) is 0. The van der Waals surface area contributed by atoms with Crippen LogP contribution in [0.4, 0.5) is 0 Å². The average Bonchev–Trinajstić information content (AvgIpc) is 2.61. The number of amides is 1. The van der Waals surface area contributed by atoms with E-state index >= 15 is 0 Å². The number of carbonyl (C=O) groups is 1. The average molecular weight is 377 g/mol. The van der Waals surface area contributed by atoms with E-state index in [1.54, 1.807) is 0 Å². The zero-order chi connectivity index (χ0) is 18.1. The van der Waals surface area contributed by atoms with Crippen LogP contribution < -0.4 is 15.8 Å². The van der Waals surface area contributed by atoms with Gasteiger partial charge in [0.05, 0.1) is 12.6 Å². The topological polar surface area (TPSA) is 64.3 Å². The van der Waals surface area contributed by atoms with Crippen LogP contribution in [-0.2, 0) is 17.8 Å². The van der Waals surface area contributed by atoms with Gasteiger partial charge in [0.25, 0.3) is 0 Å². The molecule has 1 atom stereocenters. The normalized spacial score (nSPS) is 11.5. The number of rotatable bonds is 9. The summed E-state index contributed by atoms with van der Waals surface area (Å²) in [5.41, 5.74) is 8.04. The first-order valence-electron chi connectivity index (χ1n) is 8.84. The largest absolute Gasteiger partial charge is 0.493 e. The van der Waals surface area contributed by atoms with Crippen LogP contribution in [0.5, 0.6) is 5.75 Å². The molecule has 0 aromatic heterocycles. The summed E-state index contributed by atoms with van der Waals surface area (Å²) in [5.74, 6) is 1.27. The number of hydrogen-bond donors (Lipinski definition) is 2. The Morgan fingerprint density at radius 1 is 1.08 bits per heavy atom. The second-order valence-electron chi connectivity index (χ2n) is 6.65. The molecule has 0 radical (unpaired) electrons. The molecule has 2 aromatic rings. The second kappa shape index (κ2) is 11.6. The highest BCUT2D eigenvalue weighted by Crippen LogP contribution is 2.18. The van der Waals surface area contributed by atoms with Crippen molar-refractivity contribution >= 4 is 18.3 Å².